The molecule has 0 aliphatic heterocycles. The first-order valence-corrected chi connectivity index (χ1v) is 20.0. The van der Waals surface area contributed by atoms with Gasteiger partial charge in [0.05, 0.1) is 11.0 Å². The fourth-order valence-corrected chi connectivity index (χ4v) is 9.89. The lowest BCUT2D eigenvalue weighted by Gasteiger charge is -2.10. The lowest BCUT2D eigenvalue weighted by atomic mass is 9.95. The minimum absolute atomic E-state index is 0.698. The molecule has 4 aromatic heterocycles. The van der Waals surface area contributed by atoms with Crippen LogP contribution >= 0.6 is 11.3 Å². The van der Waals surface area contributed by atoms with Crippen LogP contribution in [0.15, 0.2) is 193 Å². The van der Waals surface area contributed by atoms with Crippen LogP contribution in [0.2, 0.25) is 0 Å². The molecule has 0 fully saturated rings. The molecule has 0 saturated carbocycles. The first kappa shape index (κ1) is 32.0. The van der Waals surface area contributed by atoms with Crippen molar-refractivity contribution in [2.24, 2.45) is 0 Å². The van der Waals surface area contributed by atoms with Crippen LogP contribution < -0.4 is 0 Å². The van der Waals surface area contributed by atoms with Crippen molar-refractivity contribution in [2.75, 3.05) is 0 Å². The van der Waals surface area contributed by atoms with E-state index in [2.05, 4.69) is 180 Å². The van der Waals surface area contributed by atoms with E-state index < -0.39 is 0 Å². The van der Waals surface area contributed by atoms with Gasteiger partial charge in [0.1, 0.15) is 23.1 Å². The van der Waals surface area contributed by atoms with Crippen LogP contribution in [-0.2, 0) is 0 Å². The molecule has 12 rings (SSSR count). The predicted octanol–water partition coefficient (Wildman–Crippen LogP) is 14.5. The Morgan fingerprint density at radius 3 is 1.86 bits per heavy atom. The van der Waals surface area contributed by atoms with Crippen molar-refractivity contribution in [3.8, 4) is 50.3 Å². The van der Waals surface area contributed by atoms with Gasteiger partial charge in [0.2, 0.25) is 0 Å². The Morgan fingerprint density at radius 1 is 0.439 bits per heavy atom. The molecule has 4 heterocycles. The van der Waals surface area contributed by atoms with Gasteiger partial charge in [0.15, 0.2) is 5.58 Å². The van der Waals surface area contributed by atoms with Crippen LogP contribution in [0.3, 0.4) is 0 Å². The first-order chi connectivity index (χ1) is 28.3. The molecule has 0 N–H and O–H groups in total. The van der Waals surface area contributed by atoms with Crippen LogP contribution in [0.25, 0.3) is 114 Å². The Labute approximate surface area is 331 Å². The molecule has 0 saturated heterocycles. The van der Waals surface area contributed by atoms with Gasteiger partial charge in [-0.3, -0.25) is 0 Å². The van der Waals surface area contributed by atoms with Crippen LogP contribution in [0.4, 0.5) is 0 Å². The molecule has 0 aliphatic carbocycles. The second-order valence-corrected chi connectivity index (χ2v) is 15.6. The first-order valence-electron chi connectivity index (χ1n) is 19.1. The van der Waals surface area contributed by atoms with Crippen molar-refractivity contribution >= 4 is 75.4 Å². The summed E-state index contributed by atoms with van der Waals surface area (Å²) < 4.78 is 11.5. The summed E-state index contributed by atoms with van der Waals surface area (Å²) in [5.41, 5.74) is 14.7. The number of furan rings is 1. The average molecular weight is 746 g/mol. The molecule has 8 aromatic carbocycles. The van der Waals surface area contributed by atoms with Gasteiger partial charge in [-0.15, -0.1) is 11.3 Å². The smallest absolute Gasteiger partial charge is 0.180 e. The Hall–Kier alpha value is -7.34. The highest BCUT2D eigenvalue weighted by molar-refractivity contribution is 7.26. The van der Waals surface area contributed by atoms with Crippen LogP contribution in [0.1, 0.15) is 0 Å². The van der Waals surface area contributed by atoms with Crippen molar-refractivity contribution in [3.05, 3.63) is 188 Å². The number of aromatic nitrogens is 3. The molecule has 12 aromatic rings. The quantitative estimate of drug-likeness (QED) is 0.176. The van der Waals surface area contributed by atoms with Gasteiger partial charge in [-0.2, -0.15) is 0 Å². The van der Waals surface area contributed by atoms with Gasteiger partial charge in [-0.25, -0.2) is 9.97 Å². The zero-order chi connectivity index (χ0) is 37.5. The summed E-state index contributed by atoms with van der Waals surface area (Å²) >= 11 is 1.82. The van der Waals surface area contributed by atoms with Gasteiger partial charge in [-0.1, -0.05) is 127 Å². The molecule has 0 amide bonds. The van der Waals surface area contributed by atoms with Crippen molar-refractivity contribution in [1.29, 1.82) is 0 Å². The fourth-order valence-electron chi connectivity index (χ4n) is 8.73. The van der Waals surface area contributed by atoms with Gasteiger partial charge < -0.3 is 8.98 Å². The second kappa shape index (κ2) is 12.6. The van der Waals surface area contributed by atoms with E-state index in [-0.39, 0.29) is 0 Å². The van der Waals surface area contributed by atoms with Gasteiger partial charge in [0, 0.05) is 47.6 Å². The highest BCUT2D eigenvalue weighted by atomic mass is 32.1. The van der Waals surface area contributed by atoms with E-state index in [0.717, 1.165) is 44.6 Å². The number of hydrogen-bond donors (Lipinski definition) is 0. The minimum Gasteiger partial charge on any atom is -0.452 e. The SMILES string of the molecule is c1ccc(-c2ccc(-c3ccc4oc5c(-c6cccc7sc8cccc(-c9ccc%10c(c9)c9ccccc9n%10-c9ccccc9)c8c67)ncnc5c4c3)cc2)cc1. The lowest BCUT2D eigenvalue weighted by Crippen LogP contribution is -1.92. The summed E-state index contributed by atoms with van der Waals surface area (Å²) in [6.45, 7) is 0. The molecule has 5 heteroatoms. The molecule has 0 unspecified atom stereocenters. The zero-order valence-electron chi connectivity index (χ0n) is 30.6. The van der Waals surface area contributed by atoms with E-state index in [1.807, 2.05) is 17.4 Å². The molecular formula is C52H31N3OS. The minimum atomic E-state index is 0.698. The molecule has 4 nitrogen and oxygen atoms in total. The molecule has 0 atom stereocenters. The summed E-state index contributed by atoms with van der Waals surface area (Å²) in [6, 6.07) is 65.0. The van der Waals surface area contributed by atoms with Crippen molar-refractivity contribution < 1.29 is 4.42 Å². The fraction of sp³-hybridized carbons (Fsp3) is 0. The summed E-state index contributed by atoms with van der Waals surface area (Å²) in [5, 5.41) is 5.85. The Balaban J connectivity index is 1.02. The third-order valence-corrected chi connectivity index (χ3v) is 12.5. The van der Waals surface area contributed by atoms with E-state index >= 15 is 0 Å². The van der Waals surface area contributed by atoms with E-state index in [9.17, 15) is 0 Å². The Bertz CT molecular complexity index is 3510. The number of rotatable bonds is 5. The van der Waals surface area contributed by atoms with Gasteiger partial charge in [0.25, 0.3) is 0 Å². The Morgan fingerprint density at radius 2 is 1.05 bits per heavy atom. The van der Waals surface area contributed by atoms with E-state index in [1.54, 1.807) is 6.33 Å². The maximum Gasteiger partial charge on any atom is 0.180 e. The number of nitrogens with zero attached hydrogens (tertiary/aromatic N) is 3. The summed E-state index contributed by atoms with van der Waals surface area (Å²) in [4.78, 5) is 9.75. The summed E-state index contributed by atoms with van der Waals surface area (Å²) in [5.74, 6) is 0. The number of fused-ring (bicyclic) bond motifs is 9. The molecular weight excluding hydrogens is 715 g/mol. The number of hydrogen-bond acceptors (Lipinski definition) is 4. The third-order valence-electron chi connectivity index (χ3n) is 11.4. The van der Waals surface area contributed by atoms with Gasteiger partial charge >= 0.3 is 0 Å². The molecule has 0 radical (unpaired) electrons. The second-order valence-electron chi connectivity index (χ2n) is 14.5. The predicted molar refractivity (Wildman–Crippen MR) is 238 cm³/mol. The number of benzene rings is 8. The van der Waals surface area contributed by atoms with Crippen LogP contribution in [-0.4, -0.2) is 14.5 Å². The largest absolute Gasteiger partial charge is 0.452 e. The van der Waals surface area contributed by atoms with Crippen LogP contribution in [0.5, 0.6) is 0 Å². The van der Waals surface area contributed by atoms with Crippen LogP contribution in [0, 0.1) is 0 Å². The molecule has 266 valence electrons. The molecule has 57 heavy (non-hydrogen) atoms. The highest BCUT2D eigenvalue weighted by Gasteiger charge is 2.21. The summed E-state index contributed by atoms with van der Waals surface area (Å²) in [7, 11) is 0. The van der Waals surface area contributed by atoms with Crippen molar-refractivity contribution in [2.45, 2.75) is 0 Å². The zero-order valence-corrected chi connectivity index (χ0v) is 31.4. The van der Waals surface area contributed by atoms with E-state index in [1.165, 1.54) is 64.2 Å². The molecule has 0 aliphatic rings. The molecule has 0 bridgehead atoms. The standard InChI is InChI=1S/C52H31N3OS/c1-3-11-32(12-4-1)33-21-23-34(24-22-33)35-26-28-45-42(29-35)51-52(56-45)50(53-31-54-51)40-17-10-20-47-49(40)48-38(16-9-19-46(48)57-47)36-25-27-44-41(30-36)39-15-7-8-18-43(39)55(44)37-13-5-2-6-14-37/h1-31H. The Kier molecular flexibility index (Phi) is 7.06. The monoisotopic (exact) mass is 745 g/mol. The number of thiophene rings is 1. The van der Waals surface area contributed by atoms with Gasteiger partial charge in [-0.05, 0) is 88.0 Å². The molecule has 0 spiro atoms. The topological polar surface area (TPSA) is 43.9 Å². The maximum absolute atomic E-state index is 6.66. The lowest BCUT2D eigenvalue weighted by molar-refractivity contribution is 0.667. The summed E-state index contributed by atoms with van der Waals surface area (Å²) in [6.07, 6.45) is 1.68. The third kappa shape index (κ3) is 4.99. The van der Waals surface area contributed by atoms with Crippen molar-refractivity contribution in [1.82, 2.24) is 14.5 Å². The average Bonchev–Trinajstić information content (AvgIpc) is 3.96. The maximum atomic E-state index is 6.66. The highest BCUT2D eigenvalue weighted by Crippen LogP contribution is 2.46. The normalized spacial score (nSPS) is 11.9. The van der Waals surface area contributed by atoms with E-state index in [4.69, 9.17) is 14.4 Å². The number of para-hydroxylation sites is 2. The van der Waals surface area contributed by atoms with Crippen molar-refractivity contribution in [3.63, 3.8) is 0 Å². The van der Waals surface area contributed by atoms with E-state index in [0.29, 0.717) is 5.58 Å².